The highest BCUT2D eigenvalue weighted by atomic mass is 79.9. The van der Waals surface area contributed by atoms with E-state index in [2.05, 4.69) is 15.9 Å². The lowest BCUT2D eigenvalue weighted by Crippen LogP contribution is -2.04. The van der Waals surface area contributed by atoms with Gasteiger partial charge in [0.1, 0.15) is 0 Å². The molecule has 2 N–H and O–H groups in total. The van der Waals surface area contributed by atoms with Gasteiger partial charge in [0.15, 0.2) is 0 Å². The van der Waals surface area contributed by atoms with Crippen molar-refractivity contribution in [2.75, 3.05) is 0 Å². The molecule has 1 aliphatic carbocycles. The molecule has 0 unspecified atom stereocenters. The summed E-state index contributed by atoms with van der Waals surface area (Å²) < 4.78 is 1.10. The molecule has 1 nitrogen and oxygen atoms in total. The van der Waals surface area contributed by atoms with Gasteiger partial charge in [-0.3, -0.25) is 0 Å². The average molecular weight is 247 g/mol. The van der Waals surface area contributed by atoms with Crippen LogP contribution >= 0.6 is 27.5 Å². The highest BCUT2D eigenvalue weighted by molar-refractivity contribution is 9.10. The molecule has 0 aromatic heterocycles. The van der Waals surface area contributed by atoms with E-state index < -0.39 is 0 Å². The summed E-state index contributed by atoms with van der Waals surface area (Å²) >= 11 is 9.39. The third kappa shape index (κ3) is 1.28. The van der Waals surface area contributed by atoms with Gasteiger partial charge in [-0.1, -0.05) is 27.5 Å². The van der Waals surface area contributed by atoms with E-state index in [1.54, 1.807) is 0 Å². The number of rotatable bonds is 0. The molecular formula is C9H9BrClN. The predicted molar refractivity (Wildman–Crippen MR) is 54.4 cm³/mol. The second kappa shape index (κ2) is 3.02. The maximum absolute atomic E-state index is 5.91. The first-order valence-electron chi connectivity index (χ1n) is 3.92. The standard InChI is InChI=1S/C9H9BrClN/c10-8-4-5(11)3-7-6(8)1-2-9(7)12/h3-4,9H,1-2,12H2/t9-/m1/s1. The molecule has 2 rings (SSSR count). The molecular weight excluding hydrogens is 237 g/mol. The summed E-state index contributed by atoms with van der Waals surface area (Å²) in [6, 6.07) is 4.08. The molecule has 64 valence electrons. The van der Waals surface area contributed by atoms with Gasteiger partial charge in [-0.15, -0.1) is 0 Å². The topological polar surface area (TPSA) is 26.0 Å². The number of hydrogen-bond acceptors (Lipinski definition) is 1. The Morgan fingerprint density at radius 2 is 2.25 bits per heavy atom. The van der Waals surface area contributed by atoms with Gasteiger partial charge in [-0.05, 0) is 36.1 Å². The molecule has 0 spiro atoms. The van der Waals surface area contributed by atoms with Gasteiger partial charge in [0.05, 0.1) is 0 Å². The minimum Gasteiger partial charge on any atom is -0.324 e. The van der Waals surface area contributed by atoms with Gasteiger partial charge in [-0.2, -0.15) is 0 Å². The summed E-state index contributed by atoms with van der Waals surface area (Å²) in [7, 11) is 0. The van der Waals surface area contributed by atoms with E-state index in [4.69, 9.17) is 17.3 Å². The summed E-state index contributed by atoms with van der Waals surface area (Å²) in [6.07, 6.45) is 2.10. The average Bonchev–Trinajstić information content (AvgIpc) is 2.33. The molecule has 12 heavy (non-hydrogen) atoms. The molecule has 0 heterocycles. The normalized spacial score (nSPS) is 21.1. The van der Waals surface area contributed by atoms with Crippen LogP contribution < -0.4 is 5.73 Å². The first kappa shape index (κ1) is 8.54. The van der Waals surface area contributed by atoms with E-state index in [9.17, 15) is 0 Å². The van der Waals surface area contributed by atoms with E-state index >= 15 is 0 Å². The van der Waals surface area contributed by atoms with Crippen LogP contribution in [-0.2, 0) is 6.42 Å². The number of fused-ring (bicyclic) bond motifs is 1. The molecule has 0 saturated heterocycles. The van der Waals surface area contributed by atoms with Crippen LogP contribution in [0.1, 0.15) is 23.6 Å². The minimum atomic E-state index is 0.176. The van der Waals surface area contributed by atoms with E-state index in [0.29, 0.717) is 0 Å². The smallest absolute Gasteiger partial charge is 0.0420 e. The van der Waals surface area contributed by atoms with Crippen molar-refractivity contribution in [2.24, 2.45) is 5.73 Å². The Bertz CT molecular complexity index is 325. The van der Waals surface area contributed by atoms with Crippen LogP contribution in [0.2, 0.25) is 5.02 Å². The van der Waals surface area contributed by atoms with Crippen LogP contribution in [0.5, 0.6) is 0 Å². The molecule has 0 fully saturated rings. The molecule has 1 aromatic carbocycles. The first-order chi connectivity index (χ1) is 5.68. The second-order valence-corrected chi connectivity index (χ2v) is 4.39. The van der Waals surface area contributed by atoms with E-state index in [1.807, 2.05) is 12.1 Å². The van der Waals surface area contributed by atoms with Crippen LogP contribution in [0.25, 0.3) is 0 Å². The SMILES string of the molecule is N[C@@H]1CCc2c(Br)cc(Cl)cc21. The maximum Gasteiger partial charge on any atom is 0.0420 e. The van der Waals surface area contributed by atoms with E-state index in [-0.39, 0.29) is 6.04 Å². The summed E-state index contributed by atoms with van der Waals surface area (Å²) in [6.45, 7) is 0. The molecule has 0 aliphatic heterocycles. The van der Waals surface area contributed by atoms with Crippen molar-refractivity contribution in [3.05, 3.63) is 32.8 Å². The Morgan fingerprint density at radius 3 is 3.00 bits per heavy atom. The van der Waals surface area contributed by atoms with Crippen molar-refractivity contribution >= 4 is 27.5 Å². The van der Waals surface area contributed by atoms with Gasteiger partial charge < -0.3 is 5.73 Å². The van der Waals surface area contributed by atoms with E-state index in [0.717, 1.165) is 22.3 Å². The highest BCUT2D eigenvalue weighted by Gasteiger charge is 2.21. The van der Waals surface area contributed by atoms with Gasteiger partial charge in [0.2, 0.25) is 0 Å². The Hall–Kier alpha value is -0.0500. The summed E-state index contributed by atoms with van der Waals surface area (Å²) in [5.41, 5.74) is 8.43. The molecule has 1 aromatic rings. The molecule has 1 aliphatic rings. The lowest BCUT2D eigenvalue weighted by atomic mass is 10.1. The van der Waals surface area contributed by atoms with E-state index in [1.165, 1.54) is 11.1 Å². The fourth-order valence-corrected chi connectivity index (χ4v) is 2.71. The second-order valence-electron chi connectivity index (χ2n) is 3.10. The number of hydrogen-bond donors (Lipinski definition) is 1. The van der Waals surface area contributed by atoms with Gasteiger partial charge in [0, 0.05) is 15.5 Å². The summed E-state index contributed by atoms with van der Waals surface area (Å²) in [5.74, 6) is 0. The lowest BCUT2D eigenvalue weighted by molar-refractivity contribution is 0.713. The zero-order valence-electron chi connectivity index (χ0n) is 6.48. The monoisotopic (exact) mass is 245 g/mol. The van der Waals surface area contributed by atoms with Crippen molar-refractivity contribution < 1.29 is 0 Å². The van der Waals surface area contributed by atoms with Crippen molar-refractivity contribution in [3.63, 3.8) is 0 Å². The zero-order valence-corrected chi connectivity index (χ0v) is 8.82. The third-order valence-electron chi connectivity index (χ3n) is 2.30. The fourth-order valence-electron chi connectivity index (χ4n) is 1.67. The zero-order chi connectivity index (χ0) is 8.72. The quantitative estimate of drug-likeness (QED) is 0.748. The molecule has 0 amide bonds. The van der Waals surface area contributed by atoms with Gasteiger partial charge >= 0.3 is 0 Å². The molecule has 0 saturated carbocycles. The Kier molecular flexibility index (Phi) is 2.15. The lowest BCUT2D eigenvalue weighted by Gasteiger charge is -2.06. The Labute approximate surface area is 85.0 Å². The Morgan fingerprint density at radius 1 is 1.50 bits per heavy atom. The molecule has 0 radical (unpaired) electrons. The molecule has 1 atom stereocenters. The number of nitrogens with two attached hydrogens (primary N) is 1. The largest absolute Gasteiger partial charge is 0.324 e. The number of benzene rings is 1. The van der Waals surface area contributed by atoms with Crippen LogP contribution in [0.3, 0.4) is 0 Å². The van der Waals surface area contributed by atoms with Crippen molar-refractivity contribution in [1.82, 2.24) is 0 Å². The van der Waals surface area contributed by atoms with Crippen LogP contribution in [0, 0.1) is 0 Å². The van der Waals surface area contributed by atoms with Crippen molar-refractivity contribution in [1.29, 1.82) is 0 Å². The summed E-state index contributed by atoms with van der Waals surface area (Å²) in [4.78, 5) is 0. The van der Waals surface area contributed by atoms with Gasteiger partial charge in [-0.25, -0.2) is 0 Å². The third-order valence-corrected chi connectivity index (χ3v) is 3.23. The number of halogens is 2. The van der Waals surface area contributed by atoms with Crippen LogP contribution in [0.4, 0.5) is 0 Å². The van der Waals surface area contributed by atoms with Crippen molar-refractivity contribution in [2.45, 2.75) is 18.9 Å². The van der Waals surface area contributed by atoms with Crippen molar-refractivity contribution in [3.8, 4) is 0 Å². The maximum atomic E-state index is 5.91. The first-order valence-corrected chi connectivity index (χ1v) is 5.09. The van der Waals surface area contributed by atoms with Crippen LogP contribution in [0.15, 0.2) is 16.6 Å². The predicted octanol–water partition coefficient (Wildman–Crippen LogP) is 3.05. The molecule has 3 heteroatoms. The fraction of sp³-hybridized carbons (Fsp3) is 0.333. The van der Waals surface area contributed by atoms with Gasteiger partial charge in [0.25, 0.3) is 0 Å². The Balaban J connectivity index is 2.60. The highest BCUT2D eigenvalue weighted by Crippen LogP contribution is 2.36. The molecule has 0 bridgehead atoms. The summed E-state index contributed by atoms with van der Waals surface area (Å²) in [5, 5.41) is 0.762. The van der Waals surface area contributed by atoms with Crippen LogP contribution in [-0.4, -0.2) is 0 Å². The minimum absolute atomic E-state index is 0.176.